The first-order chi connectivity index (χ1) is 15.6. The van der Waals surface area contributed by atoms with Gasteiger partial charge in [0.15, 0.2) is 0 Å². The predicted octanol–water partition coefficient (Wildman–Crippen LogP) is 3.27. The van der Waals surface area contributed by atoms with Gasteiger partial charge in [0.1, 0.15) is 5.82 Å². The van der Waals surface area contributed by atoms with E-state index in [0.717, 1.165) is 81.5 Å². The zero-order valence-electron chi connectivity index (χ0n) is 18.7. The monoisotopic (exact) mass is 436 g/mol. The highest BCUT2D eigenvalue weighted by Crippen LogP contribution is 2.43. The number of pyridine rings is 2. The summed E-state index contributed by atoms with van der Waals surface area (Å²) in [5.41, 5.74) is 1.73. The lowest BCUT2D eigenvalue weighted by molar-refractivity contribution is -0.139. The quantitative estimate of drug-likeness (QED) is 0.793. The van der Waals surface area contributed by atoms with E-state index >= 15 is 0 Å². The molecule has 2 aromatic heterocycles. The minimum atomic E-state index is -0.283. The Hall–Kier alpha value is -2.67. The Balaban J connectivity index is 1.28. The molecule has 1 N–H and O–H groups in total. The fourth-order valence-corrected chi connectivity index (χ4v) is 5.69. The predicted molar refractivity (Wildman–Crippen MR) is 122 cm³/mol. The number of ether oxygens (including phenoxy) is 1. The average Bonchev–Trinajstić information content (AvgIpc) is 3.15. The molecule has 4 heterocycles. The Morgan fingerprint density at radius 1 is 1.00 bits per heavy atom. The fourth-order valence-electron chi connectivity index (χ4n) is 5.69. The van der Waals surface area contributed by atoms with E-state index in [-0.39, 0.29) is 11.5 Å². The van der Waals surface area contributed by atoms with Gasteiger partial charge < -0.3 is 19.6 Å². The number of likely N-dealkylation sites (tertiary alicyclic amines) is 1. The van der Waals surface area contributed by atoms with Crippen LogP contribution in [0.4, 0.5) is 5.82 Å². The minimum absolute atomic E-state index is 0.189. The lowest BCUT2D eigenvalue weighted by atomic mass is 9.78. The minimum Gasteiger partial charge on any atom is -0.481 e. The van der Waals surface area contributed by atoms with Gasteiger partial charge in [0.25, 0.3) is 0 Å². The largest absolute Gasteiger partial charge is 0.481 e. The van der Waals surface area contributed by atoms with E-state index in [1.807, 2.05) is 18.3 Å². The SMILES string of the molecule is COc1ccc(-c2ccc(N3CCC[C@@]4(CCN(C5CCC(O)CC5)C4=O)C3)nc2)cn1. The summed E-state index contributed by atoms with van der Waals surface area (Å²) < 4.78 is 5.13. The summed E-state index contributed by atoms with van der Waals surface area (Å²) >= 11 is 0. The van der Waals surface area contributed by atoms with Gasteiger partial charge in [0.2, 0.25) is 11.8 Å². The molecule has 1 saturated carbocycles. The number of aliphatic hydroxyl groups is 1. The van der Waals surface area contributed by atoms with Crippen LogP contribution >= 0.6 is 0 Å². The normalized spacial score (nSPS) is 28.4. The fraction of sp³-hybridized carbons (Fsp3) is 0.560. The molecule has 1 spiro atoms. The number of hydrogen-bond donors (Lipinski definition) is 1. The van der Waals surface area contributed by atoms with Gasteiger partial charge in [-0.3, -0.25) is 4.79 Å². The second kappa shape index (κ2) is 8.70. The van der Waals surface area contributed by atoms with Gasteiger partial charge in [-0.25, -0.2) is 9.97 Å². The van der Waals surface area contributed by atoms with E-state index in [4.69, 9.17) is 9.72 Å². The first-order valence-corrected chi connectivity index (χ1v) is 11.8. The smallest absolute Gasteiger partial charge is 0.230 e. The molecule has 7 nitrogen and oxygen atoms in total. The number of methoxy groups -OCH3 is 1. The van der Waals surface area contributed by atoms with Crippen molar-refractivity contribution in [3.63, 3.8) is 0 Å². The van der Waals surface area contributed by atoms with Crippen molar-refractivity contribution in [3.8, 4) is 17.0 Å². The van der Waals surface area contributed by atoms with Gasteiger partial charge in [0.05, 0.1) is 18.6 Å². The van der Waals surface area contributed by atoms with Crippen LogP contribution < -0.4 is 9.64 Å². The molecular formula is C25H32N4O3. The van der Waals surface area contributed by atoms with Crippen molar-refractivity contribution in [1.29, 1.82) is 0 Å². The number of aromatic nitrogens is 2. The number of carbonyl (C=O) groups excluding carboxylic acids is 1. The van der Waals surface area contributed by atoms with Crippen molar-refractivity contribution in [3.05, 3.63) is 36.7 Å². The van der Waals surface area contributed by atoms with Crippen LogP contribution in [0, 0.1) is 5.41 Å². The third kappa shape index (κ3) is 3.94. The molecule has 2 aliphatic heterocycles. The number of aliphatic hydroxyl groups excluding tert-OH is 1. The summed E-state index contributed by atoms with van der Waals surface area (Å²) in [7, 11) is 1.61. The van der Waals surface area contributed by atoms with E-state index in [1.165, 1.54) is 0 Å². The summed E-state index contributed by atoms with van der Waals surface area (Å²) in [4.78, 5) is 26.9. The topological polar surface area (TPSA) is 78.8 Å². The molecule has 170 valence electrons. The lowest BCUT2D eigenvalue weighted by Gasteiger charge is -2.41. The number of hydrogen-bond acceptors (Lipinski definition) is 6. The molecule has 2 aromatic rings. The molecule has 0 bridgehead atoms. The molecule has 0 radical (unpaired) electrons. The maximum atomic E-state index is 13.5. The Labute approximate surface area is 189 Å². The van der Waals surface area contributed by atoms with E-state index in [1.54, 1.807) is 13.3 Å². The van der Waals surface area contributed by atoms with Crippen LogP contribution in [0.5, 0.6) is 5.88 Å². The van der Waals surface area contributed by atoms with Gasteiger partial charge in [-0.15, -0.1) is 0 Å². The molecule has 7 heteroatoms. The third-order valence-electron chi connectivity index (χ3n) is 7.58. The summed E-state index contributed by atoms with van der Waals surface area (Å²) in [6.45, 7) is 2.53. The molecule has 3 fully saturated rings. The van der Waals surface area contributed by atoms with Crippen molar-refractivity contribution < 1.29 is 14.6 Å². The highest BCUT2D eigenvalue weighted by molar-refractivity contribution is 5.86. The lowest BCUT2D eigenvalue weighted by Crippen LogP contribution is -2.50. The summed E-state index contributed by atoms with van der Waals surface area (Å²) in [6, 6.07) is 8.26. The highest BCUT2D eigenvalue weighted by atomic mass is 16.5. The summed E-state index contributed by atoms with van der Waals surface area (Å²) in [5, 5.41) is 9.83. The van der Waals surface area contributed by atoms with Gasteiger partial charge in [0, 0.05) is 55.3 Å². The van der Waals surface area contributed by atoms with E-state index < -0.39 is 0 Å². The van der Waals surface area contributed by atoms with Crippen molar-refractivity contribution in [2.45, 2.75) is 57.1 Å². The Morgan fingerprint density at radius 2 is 1.75 bits per heavy atom. The van der Waals surface area contributed by atoms with Crippen LogP contribution in [-0.2, 0) is 4.79 Å². The summed E-state index contributed by atoms with van der Waals surface area (Å²) in [6.07, 6.45) is 9.87. The van der Waals surface area contributed by atoms with Crippen molar-refractivity contribution in [2.24, 2.45) is 5.41 Å². The van der Waals surface area contributed by atoms with E-state index in [2.05, 4.69) is 26.9 Å². The first kappa shape index (κ1) is 21.2. The molecule has 32 heavy (non-hydrogen) atoms. The van der Waals surface area contributed by atoms with Gasteiger partial charge in [-0.2, -0.15) is 0 Å². The van der Waals surface area contributed by atoms with Crippen LogP contribution in [-0.4, -0.2) is 64.8 Å². The highest BCUT2D eigenvalue weighted by Gasteiger charge is 2.50. The molecule has 1 aliphatic carbocycles. The molecule has 1 atom stereocenters. The molecule has 0 unspecified atom stereocenters. The zero-order valence-corrected chi connectivity index (χ0v) is 18.7. The van der Waals surface area contributed by atoms with Crippen LogP contribution in [0.15, 0.2) is 36.7 Å². The number of nitrogens with zero attached hydrogens (tertiary/aromatic N) is 4. The van der Waals surface area contributed by atoms with Crippen LogP contribution in [0.3, 0.4) is 0 Å². The van der Waals surface area contributed by atoms with Crippen LogP contribution in [0.25, 0.3) is 11.1 Å². The second-order valence-corrected chi connectivity index (χ2v) is 9.51. The number of carbonyl (C=O) groups is 1. The molecule has 1 amide bonds. The van der Waals surface area contributed by atoms with Gasteiger partial charge in [-0.1, -0.05) is 0 Å². The molecule has 2 saturated heterocycles. The average molecular weight is 437 g/mol. The Morgan fingerprint density at radius 3 is 2.41 bits per heavy atom. The van der Waals surface area contributed by atoms with Gasteiger partial charge in [-0.05, 0) is 63.1 Å². The summed E-state index contributed by atoms with van der Waals surface area (Å²) in [5.74, 6) is 1.85. The van der Waals surface area contributed by atoms with Crippen molar-refractivity contribution >= 4 is 11.7 Å². The standard InChI is InChI=1S/C25H32N4O3/c1-32-23-10-4-19(16-27-23)18-3-9-22(26-15-18)28-13-2-11-25(17-28)12-14-29(24(25)31)20-5-7-21(30)8-6-20/h3-4,9-10,15-16,20-21,30H,2,5-8,11-14,17H2,1H3/t20?,21?,25-/m1/s1. The van der Waals surface area contributed by atoms with Crippen molar-refractivity contribution in [2.75, 3.05) is 31.6 Å². The second-order valence-electron chi connectivity index (χ2n) is 9.51. The maximum absolute atomic E-state index is 13.5. The Bertz CT molecular complexity index is 941. The zero-order chi connectivity index (χ0) is 22.1. The number of rotatable bonds is 4. The Kier molecular flexibility index (Phi) is 5.76. The first-order valence-electron chi connectivity index (χ1n) is 11.8. The van der Waals surface area contributed by atoms with E-state index in [0.29, 0.717) is 17.8 Å². The maximum Gasteiger partial charge on any atom is 0.230 e. The number of piperidine rings is 1. The third-order valence-corrected chi connectivity index (χ3v) is 7.58. The molecule has 5 rings (SSSR count). The molecule has 0 aromatic carbocycles. The van der Waals surface area contributed by atoms with Gasteiger partial charge >= 0.3 is 0 Å². The number of anilines is 1. The van der Waals surface area contributed by atoms with Crippen LogP contribution in [0.1, 0.15) is 44.9 Å². The number of amides is 1. The van der Waals surface area contributed by atoms with Crippen LogP contribution in [0.2, 0.25) is 0 Å². The molecular weight excluding hydrogens is 404 g/mol. The van der Waals surface area contributed by atoms with E-state index in [9.17, 15) is 9.90 Å². The van der Waals surface area contributed by atoms with Crippen molar-refractivity contribution in [1.82, 2.24) is 14.9 Å². The molecule has 3 aliphatic rings.